The van der Waals surface area contributed by atoms with Crippen molar-refractivity contribution in [2.24, 2.45) is 10.8 Å². The van der Waals surface area contributed by atoms with Gasteiger partial charge in [-0.2, -0.15) is 0 Å². The van der Waals surface area contributed by atoms with E-state index >= 15 is 0 Å². The molecule has 0 saturated heterocycles. The molecule has 0 heterocycles. The molecule has 1 N–H and O–H groups in total. The number of ketones is 2. The molecule has 0 aromatic carbocycles. The number of carbonyl (C=O) groups is 4. The summed E-state index contributed by atoms with van der Waals surface area (Å²) in [6.07, 6.45) is 0.0966. The summed E-state index contributed by atoms with van der Waals surface area (Å²) >= 11 is 0. The lowest BCUT2D eigenvalue weighted by molar-refractivity contribution is -0.142. The van der Waals surface area contributed by atoms with Gasteiger partial charge in [-0.15, -0.1) is 0 Å². The van der Waals surface area contributed by atoms with Gasteiger partial charge < -0.3 is 15.1 Å². The third-order valence-corrected chi connectivity index (χ3v) is 4.64. The maximum absolute atomic E-state index is 12.7. The zero-order chi connectivity index (χ0) is 22.3. The van der Waals surface area contributed by atoms with Crippen molar-refractivity contribution in [2.75, 3.05) is 34.2 Å². The van der Waals surface area contributed by atoms with Gasteiger partial charge in [-0.1, -0.05) is 56.4 Å². The first kappa shape index (κ1) is 32.9. The Bertz CT molecular complexity index is 572. The number of nitrogens with zero attached hydrogens (tertiary/aromatic N) is 2. The van der Waals surface area contributed by atoms with Crippen LogP contribution in [0.1, 0.15) is 75.7 Å². The summed E-state index contributed by atoms with van der Waals surface area (Å²) in [5.74, 6) is -0.762. The molecule has 30 heavy (non-hydrogen) atoms. The molecule has 0 bridgehead atoms. The highest BCUT2D eigenvalue weighted by Crippen LogP contribution is 2.21. The van der Waals surface area contributed by atoms with Crippen molar-refractivity contribution < 1.29 is 19.2 Å². The fourth-order valence-corrected chi connectivity index (χ4v) is 2.35. The van der Waals surface area contributed by atoms with Crippen molar-refractivity contribution in [3.63, 3.8) is 0 Å². The minimum absolute atomic E-state index is 0. The van der Waals surface area contributed by atoms with E-state index in [9.17, 15) is 19.2 Å². The second-order valence-corrected chi connectivity index (χ2v) is 9.67. The normalized spacial score (nSPS) is 12.3. The first-order valence-electron chi connectivity index (χ1n) is 9.82. The average Bonchev–Trinajstić information content (AvgIpc) is 2.53. The molecular formula is C23H47N3O4. The van der Waals surface area contributed by atoms with E-state index in [1.807, 2.05) is 39.8 Å². The fraction of sp³-hybridized carbons (Fsp3) is 0.826. The summed E-state index contributed by atoms with van der Waals surface area (Å²) in [7, 11) is 5.32. The SMILES string of the molecule is C.C.CN(C)CCNC(=O)C(CC(=O)C(C)(C)C)N(C)C(=O)CCC(=O)C(C)(C)C. The van der Waals surface area contributed by atoms with E-state index in [-0.39, 0.29) is 57.5 Å². The van der Waals surface area contributed by atoms with Crippen LogP contribution < -0.4 is 5.32 Å². The van der Waals surface area contributed by atoms with Crippen LogP contribution in [0.4, 0.5) is 0 Å². The first-order chi connectivity index (χ1) is 12.6. The van der Waals surface area contributed by atoms with Gasteiger partial charge in [0, 0.05) is 50.2 Å². The number of carbonyl (C=O) groups excluding carboxylic acids is 4. The minimum atomic E-state index is -0.883. The van der Waals surface area contributed by atoms with Crippen LogP contribution in [0.25, 0.3) is 0 Å². The molecule has 7 heteroatoms. The maximum atomic E-state index is 12.7. The number of likely N-dealkylation sites (N-methyl/N-ethyl adjacent to an activating group) is 2. The predicted octanol–water partition coefficient (Wildman–Crippen LogP) is 3.16. The van der Waals surface area contributed by atoms with Crippen LogP contribution in [0.5, 0.6) is 0 Å². The molecule has 0 spiro atoms. The van der Waals surface area contributed by atoms with Crippen LogP contribution in [0, 0.1) is 10.8 Å². The van der Waals surface area contributed by atoms with Crippen LogP contribution in [-0.2, 0) is 19.2 Å². The Labute approximate surface area is 184 Å². The number of Topliss-reactive ketones (excluding diaryl/α,β-unsaturated/α-hetero) is 2. The van der Waals surface area contributed by atoms with Crippen molar-refractivity contribution in [2.45, 2.75) is 81.7 Å². The Morgan fingerprint density at radius 2 is 1.27 bits per heavy atom. The zero-order valence-corrected chi connectivity index (χ0v) is 19.1. The van der Waals surface area contributed by atoms with Gasteiger partial charge in [0.05, 0.1) is 0 Å². The molecule has 0 rings (SSSR count). The van der Waals surface area contributed by atoms with Crippen molar-refractivity contribution in [3.05, 3.63) is 0 Å². The van der Waals surface area contributed by atoms with E-state index in [1.165, 1.54) is 11.9 Å². The molecular weight excluding hydrogens is 382 g/mol. The highest BCUT2D eigenvalue weighted by molar-refractivity contribution is 5.95. The molecule has 0 radical (unpaired) electrons. The van der Waals surface area contributed by atoms with E-state index in [1.54, 1.807) is 20.8 Å². The van der Waals surface area contributed by atoms with Crippen LogP contribution in [0.2, 0.25) is 0 Å². The Morgan fingerprint density at radius 1 is 0.800 bits per heavy atom. The quantitative estimate of drug-likeness (QED) is 0.576. The lowest BCUT2D eigenvalue weighted by Crippen LogP contribution is -2.50. The topological polar surface area (TPSA) is 86.8 Å². The smallest absolute Gasteiger partial charge is 0.243 e. The zero-order valence-electron chi connectivity index (χ0n) is 19.1. The van der Waals surface area contributed by atoms with Crippen LogP contribution in [-0.4, -0.2) is 73.5 Å². The molecule has 0 saturated carbocycles. The molecule has 1 atom stereocenters. The molecule has 0 aromatic rings. The first-order valence-corrected chi connectivity index (χ1v) is 9.82. The molecule has 178 valence electrons. The van der Waals surface area contributed by atoms with Gasteiger partial charge in [-0.05, 0) is 14.1 Å². The summed E-state index contributed by atoms with van der Waals surface area (Å²) in [6, 6.07) is -0.883. The van der Waals surface area contributed by atoms with Crippen molar-refractivity contribution in [1.29, 1.82) is 0 Å². The monoisotopic (exact) mass is 429 g/mol. The molecule has 0 aromatic heterocycles. The fourth-order valence-electron chi connectivity index (χ4n) is 2.35. The molecule has 7 nitrogen and oxygen atoms in total. The maximum Gasteiger partial charge on any atom is 0.243 e. The number of hydrogen-bond donors (Lipinski definition) is 1. The van der Waals surface area contributed by atoms with Gasteiger partial charge in [-0.25, -0.2) is 0 Å². The molecule has 0 aliphatic heterocycles. The van der Waals surface area contributed by atoms with Crippen molar-refractivity contribution >= 4 is 23.4 Å². The highest BCUT2D eigenvalue weighted by Gasteiger charge is 2.33. The Morgan fingerprint density at radius 3 is 1.67 bits per heavy atom. The number of nitrogens with one attached hydrogen (secondary N) is 1. The van der Waals surface area contributed by atoms with E-state index in [0.29, 0.717) is 13.1 Å². The van der Waals surface area contributed by atoms with E-state index in [4.69, 9.17) is 0 Å². The van der Waals surface area contributed by atoms with Gasteiger partial charge in [0.1, 0.15) is 17.6 Å². The van der Waals surface area contributed by atoms with Gasteiger partial charge >= 0.3 is 0 Å². The third kappa shape index (κ3) is 12.1. The Balaban J connectivity index is -0.00000364. The summed E-state index contributed by atoms with van der Waals surface area (Å²) in [4.78, 5) is 53.1. The number of amides is 2. The van der Waals surface area contributed by atoms with Crippen LogP contribution in [0.3, 0.4) is 0 Å². The summed E-state index contributed by atoms with van der Waals surface area (Å²) in [6.45, 7) is 11.9. The van der Waals surface area contributed by atoms with Gasteiger partial charge in [0.15, 0.2) is 0 Å². The Kier molecular flexibility index (Phi) is 14.8. The van der Waals surface area contributed by atoms with Crippen molar-refractivity contribution in [1.82, 2.24) is 15.1 Å². The number of rotatable bonds is 10. The second kappa shape index (κ2) is 13.5. The molecule has 1 unspecified atom stereocenters. The average molecular weight is 430 g/mol. The van der Waals surface area contributed by atoms with E-state index < -0.39 is 16.9 Å². The summed E-state index contributed by atoms with van der Waals surface area (Å²) in [5, 5.41) is 2.80. The second-order valence-electron chi connectivity index (χ2n) is 9.67. The Hall–Kier alpha value is -1.76. The van der Waals surface area contributed by atoms with E-state index in [2.05, 4.69) is 5.32 Å². The lowest BCUT2D eigenvalue weighted by Gasteiger charge is -2.29. The van der Waals surface area contributed by atoms with Gasteiger partial charge in [-0.3, -0.25) is 19.2 Å². The van der Waals surface area contributed by atoms with Crippen LogP contribution in [0.15, 0.2) is 0 Å². The summed E-state index contributed by atoms with van der Waals surface area (Å²) < 4.78 is 0. The highest BCUT2D eigenvalue weighted by atomic mass is 16.2. The predicted molar refractivity (Wildman–Crippen MR) is 124 cm³/mol. The van der Waals surface area contributed by atoms with E-state index in [0.717, 1.165) is 0 Å². The standard InChI is InChI=1S/C21H39N3O4.2CH4/c1-20(2,3)16(25)10-11-18(27)24(9)15(14-17(26)21(4,5)6)19(28)22-12-13-23(7)8;;/h15H,10-14H2,1-9H3,(H,22,28);2*1H4. The number of hydrogen-bond acceptors (Lipinski definition) is 5. The molecule has 2 amide bonds. The summed E-state index contributed by atoms with van der Waals surface area (Å²) in [5.41, 5.74) is -1.11. The van der Waals surface area contributed by atoms with Crippen molar-refractivity contribution in [3.8, 4) is 0 Å². The largest absolute Gasteiger partial charge is 0.353 e. The van der Waals surface area contributed by atoms with Crippen LogP contribution >= 0.6 is 0 Å². The third-order valence-electron chi connectivity index (χ3n) is 4.64. The van der Waals surface area contributed by atoms with Gasteiger partial charge in [0.2, 0.25) is 11.8 Å². The molecule has 0 aliphatic rings. The van der Waals surface area contributed by atoms with Gasteiger partial charge in [0.25, 0.3) is 0 Å². The molecule has 0 fully saturated rings. The molecule has 0 aliphatic carbocycles. The lowest BCUT2D eigenvalue weighted by atomic mass is 9.86. The minimum Gasteiger partial charge on any atom is -0.353 e.